The van der Waals surface area contributed by atoms with Crippen molar-refractivity contribution < 1.29 is 23.5 Å². The summed E-state index contributed by atoms with van der Waals surface area (Å²) in [5, 5.41) is 0.109. The zero-order valence-corrected chi connectivity index (χ0v) is 11.3. The maximum Gasteiger partial charge on any atom is 0.379 e. The molecule has 2 rings (SSSR count). The number of benzene rings is 1. The maximum absolute atomic E-state index is 11.8. The molecule has 0 bridgehead atoms. The molecule has 1 aromatic carbocycles. The van der Waals surface area contributed by atoms with Crippen LogP contribution in [0.2, 0.25) is 5.02 Å². The minimum atomic E-state index is -0.697. The van der Waals surface area contributed by atoms with E-state index in [1.807, 2.05) is 0 Å². The quantitative estimate of drug-likeness (QED) is 0.480. The van der Waals surface area contributed by atoms with Crippen LogP contribution in [0, 0.1) is 0 Å². The fourth-order valence-corrected chi connectivity index (χ4v) is 1.81. The number of rotatable bonds is 5. The van der Waals surface area contributed by atoms with Gasteiger partial charge < -0.3 is 13.9 Å². The number of hydrogen-bond donors (Lipinski definition) is 0. The lowest BCUT2D eigenvalue weighted by molar-refractivity contribution is 0.0695. The number of carbonyl (C=O) groups excluding carboxylic acids is 2. The number of ether oxygens (including phenoxy) is 2. The number of halogens is 1. The first-order valence-electron chi connectivity index (χ1n) is 5.83. The first-order chi connectivity index (χ1) is 9.65. The SMILES string of the molecule is CCOc1cc(C=O)cc(Cl)c1OC(=O)c1ccco1. The van der Waals surface area contributed by atoms with Crippen molar-refractivity contribution in [1.29, 1.82) is 0 Å². The minimum absolute atomic E-state index is 0.0444. The molecule has 0 unspecified atom stereocenters. The van der Waals surface area contributed by atoms with Crippen LogP contribution in [0.4, 0.5) is 0 Å². The van der Waals surface area contributed by atoms with Gasteiger partial charge >= 0.3 is 5.97 Å². The van der Waals surface area contributed by atoms with Crippen LogP contribution in [-0.2, 0) is 0 Å². The molecular weight excluding hydrogens is 284 g/mol. The molecule has 0 atom stereocenters. The second-order valence-corrected chi connectivity index (χ2v) is 4.15. The lowest BCUT2D eigenvalue weighted by atomic mass is 10.2. The highest BCUT2D eigenvalue weighted by atomic mass is 35.5. The van der Waals surface area contributed by atoms with Gasteiger partial charge in [-0.25, -0.2) is 4.79 Å². The summed E-state index contributed by atoms with van der Waals surface area (Å²) in [5.41, 5.74) is 0.330. The van der Waals surface area contributed by atoms with Gasteiger partial charge in [0, 0.05) is 5.56 Å². The fourth-order valence-electron chi connectivity index (χ4n) is 1.56. The number of esters is 1. The molecule has 0 aliphatic heterocycles. The van der Waals surface area contributed by atoms with E-state index in [1.54, 1.807) is 13.0 Å². The van der Waals surface area contributed by atoms with Gasteiger partial charge in [0.05, 0.1) is 17.9 Å². The van der Waals surface area contributed by atoms with E-state index in [0.717, 1.165) is 0 Å². The van der Waals surface area contributed by atoms with Gasteiger partial charge in [-0.2, -0.15) is 0 Å². The zero-order chi connectivity index (χ0) is 14.5. The number of carbonyl (C=O) groups is 2. The summed E-state index contributed by atoms with van der Waals surface area (Å²) in [6.07, 6.45) is 1.99. The van der Waals surface area contributed by atoms with Gasteiger partial charge in [-0.1, -0.05) is 11.6 Å². The van der Waals surface area contributed by atoms with Crippen LogP contribution in [0.15, 0.2) is 34.9 Å². The van der Waals surface area contributed by atoms with Crippen LogP contribution in [0.1, 0.15) is 27.8 Å². The normalized spacial score (nSPS) is 10.1. The molecular formula is C14H11ClO5. The molecule has 0 aliphatic rings. The van der Waals surface area contributed by atoms with E-state index in [0.29, 0.717) is 18.5 Å². The van der Waals surface area contributed by atoms with Crippen molar-refractivity contribution in [3.8, 4) is 11.5 Å². The lowest BCUT2D eigenvalue weighted by Crippen LogP contribution is -2.09. The van der Waals surface area contributed by atoms with Crippen LogP contribution in [0.3, 0.4) is 0 Å². The molecule has 1 aromatic heterocycles. The predicted molar refractivity (Wildman–Crippen MR) is 71.7 cm³/mol. The first kappa shape index (κ1) is 14.1. The van der Waals surface area contributed by atoms with Crippen molar-refractivity contribution in [3.63, 3.8) is 0 Å². The Labute approximate surface area is 120 Å². The Bertz CT molecular complexity index is 619. The molecule has 0 saturated carbocycles. The van der Waals surface area contributed by atoms with Gasteiger partial charge in [0.25, 0.3) is 0 Å². The topological polar surface area (TPSA) is 65.7 Å². The van der Waals surface area contributed by atoms with Gasteiger partial charge in [0.15, 0.2) is 11.5 Å². The summed E-state index contributed by atoms with van der Waals surface area (Å²) >= 11 is 6.01. The molecule has 5 nitrogen and oxygen atoms in total. The highest BCUT2D eigenvalue weighted by Gasteiger charge is 2.18. The van der Waals surface area contributed by atoms with Crippen LogP contribution < -0.4 is 9.47 Å². The van der Waals surface area contributed by atoms with Crippen LogP contribution in [0.25, 0.3) is 0 Å². The molecule has 0 spiro atoms. The van der Waals surface area contributed by atoms with Crippen LogP contribution in [0.5, 0.6) is 11.5 Å². The zero-order valence-electron chi connectivity index (χ0n) is 10.6. The Balaban J connectivity index is 2.34. The van der Waals surface area contributed by atoms with Gasteiger partial charge in [-0.05, 0) is 31.2 Å². The van der Waals surface area contributed by atoms with Crippen LogP contribution >= 0.6 is 11.6 Å². The molecule has 1 heterocycles. The molecule has 0 aliphatic carbocycles. The number of aldehydes is 1. The Morgan fingerprint density at radius 1 is 1.45 bits per heavy atom. The van der Waals surface area contributed by atoms with E-state index in [2.05, 4.69) is 0 Å². The second-order valence-electron chi connectivity index (χ2n) is 3.75. The van der Waals surface area contributed by atoms with Gasteiger partial charge in [0.1, 0.15) is 6.29 Å². The maximum atomic E-state index is 11.8. The van der Waals surface area contributed by atoms with Gasteiger partial charge in [-0.3, -0.25) is 4.79 Å². The molecule has 2 aromatic rings. The molecule has 0 fully saturated rings. The predicted octanol–water partition coefficient (Wildman–Crippen LogP) is 3.36. The van der Waals surface area contributed by atoms with E-state index in [1.165, 1.54) is 24.5 Å². The Morgan fingerprint density at radius 3 is 2.85 bits per heavy atom. The first-order valence-corrected chi connectivity index (χ1v) is 6.20. The molecule has 0 saturated heterocycles. The average Bonchev–Trinajstić information content (AvgIpc) is 2.96. The van der Waals surface area contributed by atoms with E-state index < -0.39 is 5.97 Å². The fraction of sp³-hybridized carbons (Fsp3) is 0.143. The van der Waals surface area contributed by atoms with Gasteiger partial charge in [-0.15, -0.1) is 0 Å². The lowest BCUT2D eigenvalue weighted by Gasteiger charge is -2.12. The third-order valence-electron chi connectivity index (χ3n) is 2.38. The largest absolute Gasteiger partial charge is 0.490 e. The summed E-state index contributed by atoms with van der Waals surface area (Å²) in [4.78, 5) is 22.6. The Morgan fingerprint density at radius 2 is 2.25 bits per heavy atom. The second kappa shape index (κ2) is 6.25. The third-order valence-corrected chi connectivity index (χ3v) is 2.67. The van der Waals surface area contributed by atoms with Crippen LogP contribution in [-0.4, -0.2) is 18.9 Å². The summed E-state index contributed by atoms with van der Waals surface area (Å²) in [5.74, 6) is -0.373. The Kier molecular flexibility index (Phi) is 4.42. The van der Waals surface area contributed by atoms with Crippen molar-refractivity contribution in [3.05, 3.63) is 46.9 Å². The van der Waals surface area contributed by atoms with E-state index in [9.17, 15) is 9.59 Å². The molecule has 6 heteroatoms. The monoisotopic (exact) mass is 294 g/mol. The van der Waals surface area contributed by atoms with E-state index in [4.69, 9.17) is 25.5 Å². The standard InChI is InChI=1S/C14H11ClO5/c1-2-18-12-7-9(8-16)6-10(15)13(12)20-14(17)11-4-3-5-19-11/h3-8H,2H2,1H3. The molecule has 0 radical (unpaired) electrons. The summed E-state index contributed by atoms with van der Waals surface area (Å²) in [7, 11) is 0. The molecule has 0 N–H and O–H groups in total. The van der Waals surface area contributed by atoms with E-state index >= 15 is 0 Å². The Hall–Kier alpha value is -2.27. The van der Waals surface area contributed by atoms with Crippen molar-refractivity contribution in [2.24, 2.45) is 0 Å². The van der Waals surface area contributed by atoms with Crippen molar-refractivity contribution in [1.82, 2.24) is 0 Å². The number of furan rings is 1. The van der Waals surface area contributed by atoms with Crippen molar-refractivity contribution >= 4 is 23.9 Å². The summed E-state index contributed by atoms with van der Waals surface area (Å²) in [6.45, 7) is 2.10. The van der Waals surface area contributed by atoms with E-state index in [-0.39, 0.29) is 22.3 Å². The molecule has 0 amide bonds. The average molecular weight is 295 g/mol. The molecule has 20 heavy (non-hydrogen) atoms. The smallest absolute Gasteiger partial charge is 0.379 e. The summed E-state index contributed by atoms with van der Waals surface area (Å²) < 4.78 is 15.4. The van der Waals surface area contributed by atoms with Crippen molar-refractivity contribution in [2.75, 3.05) is 6.61 Å². The van der Waals surface area contributed by atoms with Crippen molar-refractivity contribution in [2.45, 2.75) is 6.92 Å². The highest BCUT2D eigenvalue weighted by Crippen LogP contribution is 2.36. The highest BCUT2D eigenvalue weighted by molar-refractivity contribution is 6.32. The molecule has 104 valence electrons. The minimum Gasteiger partial charge on any atom is -0.490 e. The van der Waals surface area contributed by atoms with Gasteiger partial charge in [0.2, 0.25) is 5.76 Å². The third kappa shape index (κ3) is 3.00. The number of hydrogen-bond acceptors (Lipinski definition) is 5. The summed E-state index contributed by atoms with van der Waals surface area (Å²) in [6, 6.07) is 5.88.